The van der Waals surface area contributed by atoms with Crippen LogP contribution in [-0.2, 0) is 4.79 Å². The summed E-state index contributed by atoms with van der Waals surface area (Å²) in [6.07, 6.45) is 1.16. The van der Waals surface area contributed by atoms with Gasteiger partial charge in [0.2, 0.25) is 0 Å². The highest BCUT2D eigenvalue weighted by molar-refractivity contribution is 6.30. The lowest BCUT2D eigenvalue weighted by atomic mass is 9.99. The van der Waals surface area contributed by atoms with Gasteiger partial charge in [-0.3, -0.25) is 4.79 Å². The molecule has 3 N–H and O–H groups in total. The summed E-state index contributed by atoms with van der Waals surface area (Å²) in [5.41, 5.74) is 0.679. The molecule has 18 heavy (non-hydrogen) atoms. The van der Waals surface area contributed by atoms with E-state index in [1.165, 1.54) is 0 Å². The van der Waals surface area contributed by atoms with Crippen molar-refractivity contribution < 1.29 is 15.0 Å². The van der Waals surface area contributed by atoms with Gasteiger partial charge in [-0.25, -0.2) is 0 Å². The van der Waals surface area contributed by atoms with Gasteiger partial charge in [0.1, 0.15) is 0 Å². The number of hydrogen-bond donors (Lipinski definition) is 3. The average molecular weight is 270 g/mol. The van der Waals surface area contributed by atoms with Crippen LogP contribution in [-0.4, -0.2) is 28.3 Å². The Bertz CT molecular complexity index is 417. The molecule has 0 aromatic heterocycles. The maximum atomic E-state index is 10.8. The lowest BCUT2D eigenvalue weighted by Crippen LogP contribution is -2.38. The first-order valence-corrected chi connectivity index (χ1v) is 6.35. The number of aliphatic hydroxyl groups is 1. The van der Waals surface area contributed by atoms with Gasteiger partial charge < -0.3 is 15.5 Å². The molecule has 1 aromatic rings. The van der Waals surface area contributed by atoms with E-state index in [4.69, 9.17) is 16.7 Å². The van der Waals surface area contributed by atoms with Crippen molar-refractivity contribution in [2.45, 2.75) is 37.5 Å². The molecule has 4 nitrogen and oxygen atoms in total. The lowest BCUT2D eigenvalue weighted by molar-refractivity contribution is -0.138. The van der Waals surface area contributed by atoms with Crippen LogP contribution in [0.1, 0.15) is 30.9 Å². The van der Waals surface area contributed by atoms with Gasteiger partial charge in [-0.1, -0.05) is 23.7 Å². The van der Waals surface area contributed by atoms with Crippen molar-refractivity contribution in [3.05, 3.63) is 34.9 Å². The number of carboxylic acid groups (broad SMARTS) is 1. The third-order valence-corrected chi connectivity index (χ3v) is 3.27. The van der Waals surface area contributed by atoms with Gasteiger partial charge in [0.05, 0.1) is 12.5 Å². The maximum absolute atomic E-state index is 10.8. The first-order chi connectivity index (χ1) is 8.56. The fourth-order valence-electron chi connectivity index (χ4n) is 1.89. The zero-order valence-corrected chi connectivity index (χ0v) is 10.6. The number of rotatable bonds is 6. The lowest BCUT2D eigenvalue weighted by Gasteiger charge is -2.23. The highest BCUT2D eigenvalue weighted by Gasteiger charge is 2.30. The van der Waals surface area contributed by atoms with Crippen LogP contribution in [0, 0.1) is 0 Å². The quantitative estimate of drug-likeness (QED) is 0.738. The normalized spacial score (nSPS) is 18.3. The molecule has 98 valence electrons. The summed E-state index contributed by atoms with van der Waals surface area (Å²) >= 11 is 5.78. The summed E-state index contributed by atoms with van der Waals surface area (Å²) in [6, 6.07) is 6.70. The van der Waals surface area contributed by atoms with E-state index in [0.29, 0.717) is 16.6 Å². The molecule has 1 saturated carbocycles. The van der Waals surface area contributed by atoms with E-state index in [0.717, 1.165) is 12.8 Å². The van der Waals surface area contributed by atoms with Crippen molar-refractivity contribution in [3.63, 3.8) is 0 Å². The summed E-state index contributed by atoms with van der Waals surface area (Å²) in [5.74, 6) is -0.916. The number of halogens is 1. The molecule has 1 aliphatic rings. The number of aliphatic hydroxyl groups excluding tert-OH is 1. The van der Waals surface area contributed by atoms with Crippen molar-refractivity contribution in [3.8, 4) is 0 Å². The molecule has 0 saturated heterocycles. The third-order valence-electron chi connectivity index (χ3n) is 3.01. The Hall–Kier alpha value is -1.10. The second-order valence-electron chi connectivity index (χ2n) is 4.64. The van der Waals surface area contributed by atoms with E-state index < -0.39 is 18.1 Å². The summed E-state index contributed by atoms with van der Waals surface area (Å²) in [7, 11) is 0. The average Bonchev–Trinajstić information content (AvgIpc) is 3.12. The maximum Gasteiger partial charge on any atom is 0.305 e. The molecular weight excluding hydrogens is 254 g/mol. The molecule has 1 aliphatic carbocycles. The Morgan fingerprint density at radius 2 is 2.00 bits per heavy atom. The topological polar surface area (TPSA) is 69.6 Å². The molecule has 0 aliphatic heterocycles. The van der Waals surface area contributed by atoms with Crippen LogP contribution in [0.25, 0.3) is 0 Å². The Balaban J connectivity index is 2.07. The second-order valence-corrected chi connectivity index (χ2v) is 5.08. The first-order valence-electron chi connectivity index (χ1n) is 5.97. The van der Waals surface area contributed by atoms with Gasteiger partial charge in [0.15, 0.2) is 0 Å². The van der Waals surface area contributed by atoms with E-state index in [2.05, 4.69) is 5.32 Å². The van der Waals surface area contributed by atoms with E-state index >= 15 is 0 Å². The monoisotopic (exact) mass is 269 g/mol. The van der Waals surface area contributed by atoms with Crippen molar-refractivity contribution in [2.24, 2.45) is 0 Å². The Morgan fingerprint density at radius 3 is 2.50 bits per heavy atom. The molecule has 1 fully saturated rings. The Kier molecular flexibility index (Phi) is 4.22. The highest BCUT2D eigenvalue weighted by atomic mass is 35.5. The van der Waals surface area contributed by atoms with Gasteiger partial charge in [-0.2, -0.15) is 0 Å². The SMILES string of the molecule is O=C(O)CC(NC1CC1)C(O)c1ccc(Cl)cc1. The molecule has 2 unspecified atom stereocenters. The number of carbonyl (C=O) groups is 1. The van der Waals surface area contributed by atoms with Gasteiger partial charge in [0.25, 0.3) is 0 Å². The van der Waals surface area contributed by atoms with Crippen molar-refractivity contribution in [1.29, 1.82) is 0 Å². The minimum absolute atomic E-state index is 0.0969. The number of nitrogens with one attached hydrogen (secondary N) is 1. The molecule has 1 aromatic carbocycles. The number of aliphatic carboxylic acids is 1. The van der Waals surface area contributed by atoms with Gasteiger partial charge in [-0.05, 0) is 30.5 Å². The Morgan fingerprint density at radius 1 is 1.39 bits per heavy atom. The fraction of sp³-hybridized carbons (Fsp3) is 0.462. The third kappa shape index (κ3) is 3.70. The Labute approximate surface area is 111 Å². The molecule has 0 amide bonds. The van der Waals surface area contributed by atoms with E-state index in [-0.39, 0.29) is 6.42 Å². The van der Waals surface area contributed by atoms with Crippen LogP contribution in [0.3, 0.4) is 0 Å². The minimum Gasteiger partial charge on any atom is -0.481 e. The molecule has 0 radical (unpaired) electrons. The molecule has 0 bridgehead atoms. The molecule has 0 spiro atoms. The van der Waals surface area contributed by atoms with E-state index in [1.54, 1.807) is 24.3 Å². The van der Waals surface area contributed by atoms with Crippen LogP contribution in [0.15, 0.2) is 24.3 Å². The first kappa shape index (κ1) is 13.3. The summed E-state index contributed by atoms with van der Waals surface area (Å²) < 4.78 is 0. The summed E-state index contributed by atoms with van der Waals surface area (Å²) in [5, 5.41) is 22.9. The predicted molar refractivity (Wildman–Crippen MR) is 68.6 cm³/mol. The van der Waals surface area contributed by atoms with Crippen LogP contribution in [0.2, 0.25) is 5.02 Å². The van der Waals surface area contributed by atoms with Crippen molar-refractivity contribution in [1.82, 2.24) is 5.32 Å². The zero-order valence-electron chi connectivity index (χ0n) is 9.84. The molecule has 0 heterocycles. The van der Waals surface area contributed by atoms with Gasteiger partial charge in [-0.15, -0.1) is 0 Å². The minimum atomic E-state index is -0.916. The smallest absolute Gasteiger partial charge is 0.305 e. The van der Waals surface area contributed by atoms with E-state index in [1.807, 2.05) is 0 Å². The van der Waals surface area contributed by atoms with E-state index in [9.17, 15) is 9.90 Å². The van der Waals surface area contributed by atoms with Gasteiger partial charge >= 0.3 is 5.97 Å². The molecular formula is C13H16ClNO3. The van der Waals surface area contributed by atoms with Gasteiger partial charge in [0, 0.05) is 17.1 Å². The predicted octanol–water partition coefficient (Wildman–Crippen LogP) is 1.97. The fourth-order valence-corrected chi connectivity index (χ4v) is 2.02. The van der Waals surface area contributed by atoms with Crippen LogP contribution < -0.4 is 5.32 Å². The van der Waals surface area contributed by atoms with Crippen LogP contribution in [0.4, 0.5) is 0 Å². The number of benzene rings is 1. The highest BCUT2D eigenvalue weighted by Crippen LogP contribution is 2.26. The molecule has 5 heteroatoms. The zero-order chi connectivity index (χ0) is 13.1. The van der Waals surface area contributed by atoms with Crippen molar-refractivity contribution >= 4 is 17.6 Å². The second kappa shape index (κ2) is 5.69. The standard InChI is InChI=1S/C13H16ClNO3/c14-9-3-1-8(2-4-9)13(18)11(7-12(16)17)15-10-5-6-10/h1-4,10-11,13,15,18H,5-7H2,(H,16,17). The van der Waals surface area contributed by atoms with Crippen LogP contribution >= 0.6 is 11.6 Å². The summed E-state index contributed by atoms with van der Waals surface area (Å²) in [6.45, 7) is 0. The molecule has 2 rings (SSSR count). The molecule has 2 atom stereocenters. The van der Waals surface area contributed by atoms with Crippen LogP contribution in [0.5, 0.6) is 0 Å². The summed E-state index contributed by atoms with van der Waals surface area (Å²) in [4.78, 5) is 10.8. The number of carboxylic acids is 1. The number of hydrogen-bond acceptors (Lipinski definition) is 3. The largest absolute Gasteiger partial charge is 0.481 e. The van der Waals surface area contributed by atoms with Crippen molar-refractivity contribution in [2.75, 3.05) is 0 Å².